The molecule has 0 aliphatic heterocycles. The molecule has 0 heterocycles. The monoisotopic (exact) mass is 404 g/mol. The van der Waals surface area contributed by atoms with Crippen molar-refractivity contribution >= 4 is 23.5 Å². The van der Waals surface area contributed by atoms with Gasteiger partial charge in [-0.05, 0) is 32.1 Å². The van der Waals surface area contributed by atoms with Crippen LogP contribution in [0.25, 0.3) is 0 Å². The lowest BCUT2D eigenvalue weighted by Gasteiger charge is -2.27. The minimum Gasteiger partial charge on any atom is -0.465 e. The summed E-state index contributed by atoms with van der Waals surface area (Å²) in [6, 6.07) is 0. The number of hydrogen-bond donors (Lipinski definition) is 0. The van der Waals surface area contributed by atoms with Crippen molar-refractivity contribution in [3.63, 3.8) is 0 Å². The van der Waals surface area contributed by atoms with E-state index < -0.39 is 17.4 Å². The minimum absolute atomic E-state index is 0.375. The van der Waals surface area contributed by atoms with E-state index in [1.54, 1.807) is 0 Å². The summed E-state index contributed by atoms with van der Waals surface area (Å²) in [5.41, 5.74) is -1.15. The summed E-state index contributed by atoms with van der Waals surface area (Å²) in [5.74, 6) is -0.123. The van der Waals surface area contributed by atoms with E-state index in [0.29, 0.717) is 26.1 Å². The van der Waals surface area contributed by atoms with Gasteiger partial charge in [-0.2, -0.15) is 0 Å². The molecule has 0 bridgehead atoms. The second-order valence-electron chi connectivity index (χ2n) is 7.29. The largest absolute Gasteiger partial charge is 0.465 e. The summed E-state index contributed by atoms with van der Waals surface area (Å²) in [7, 11) is 0. The second kappa shape index (κ2) is 17.3. The lowest BCUT2D eigenvalue weighted by atomic mass is 9.82. The van der Waals surface area contributed by atoms with Gasteiger partial charge in [-0.1, -0.05) is 72.1 Å². The summed E-state index contributed by atoms with van der Waals surface area (Å²) in [6.45, 7) is 6.64. The molecule has 0 rings (SSSR count). The van der Waals surface area contributed by atoms with Gasteiger partial charge >= 0.3 is 11.9 Å². The van der Waals surface area contributed by atoms with E-state index in [-0.39, 0.29) is 0 Å². The molecule has 4 nitrogen and oxygen atoms in total. The van der Waals surface area contributed by atoms with Gasteiger partial charge in [-0.25, -0.2) is 0 Å². The molecule has 0 saturated heterocycles. The molecule has 160 valence electrons. The van der Waals surface area contributed by atoms with Crippen molar-refractivity contribution in [2.75, 3.05) is 19.1 Å². The fourth-order valence-electron chi connectivity index (χ4n) is 3.13. The number of carbonyl (C=O) groups is 2. The Balaban J connectivity index is 4.20. The zero-order valence-corrected chi connectivity index (χ0v) is 18.6. The zero-order chi connectivity index (χ0) is 20.4. The van der Waals surface area contributed by atoms with Crippen molar-refractivity contribution in [1.29, 1.82) is 0 Å². The number of hydrogen-bond acceptors (Lipinski definition) is 4. The Morgan fingerprint density at radius 2 is 1.07 bits per heavy atom. The van der Waals surface area contributed by atoms with Gasteiger partial charge < -0.3 is 9.47 Å². The normalized spacial score (nSPS) is 11.4. The van der Waals surface area contributed by atoms with Gasteiger partial charge in [-0.3, -0.25) is 9.59 Å². The van der Waals surface area contributed by atoms with Crippen LogP contribution in [0, 0.1) is 5.41 Å². The Bertz CT molecular complexity index is 381. The third-order valence-corrected chi connectivity index (χ3v) is 5.50. The van der Waals surface area contributed by atoms with Gasteiger partial charge in [0.1, 0.15) is 0 Å². The number of rotatable bonds is 18. The Labute approximate surface area is 171 Å². The summed E-state index contributed by atoms with van der Waals surface area (Å²) in [4.78, 5) is 25.1. The lowest BCUT2D eigenvalue weighted by Crippen LogP contribution is -2.41. The molecule has 0 aromatic heterocycles. The van der Waals surface area contributed by atoms with E-state index in [1.807, 2.05) is 13.8 Å². The fraction of sp³-hybridized carbons (Fsp3) is 0.909. The molecule has 0 fully saturated rings. The van der Waals surface area contributed by atoms with Crippen LogP contribution in [-0.2, 0) is 19.1 Å². The summed E-state index contributed by atoms with van der Waals surface area (Å²) < 4.78 is 10.9. The fourth-order valence-corrected chi connectivity index (χ4v) is 3.31. The molecule has 27 heavy (non-hydrogen) atoms. The Hall–Kier alpha value is -0.770. The zero-order valence-electron chi connectivity index (χ0n) is 17.8. The van der Waals surface area contributed by atoms with Crippen LogP contribution in [0.5, 0.6) is 0 Å². The number of esters is 2. The minimum atomic E-state index is -1.15. The molecule has 0 saturated carbocycles. The smallest absolute Gasteiger partial charge is 0.323 e. The van der Waals surface area contributed by atoms with E-state index in [4.69, 9.17) is 21.1 Å². The van der Waals surface area contributed by atoms with Crippen LogP contribution in [0.2, 0.25) is 0 Å². The molecule has 0 radical (unpaired) electrons. The lowest BCUT2D eigenvalue weighted by molar-refractivity contribution is -0.173. The highest BCUT2D eigenvalue weighted by Crippen LogP contribution is 2.30. The average Bonchev–Trinajstić information content (AvgIpc) is 2.68. The Morgan fingerprint density at radius 1 is 0.667 bits per heavy atom. The van der Waals surface area contributed by atoms with Crippen molar-refractivity contribution in [2.45, 2.75) is 104 Å². The van der Waals surface area contributed by atoms with Crippen molar-refractivity contribution in [3.8, 4) is 0 Å². The maximum Gasteiger partial charge on any atom is 0.323 e. The predicted molar refractivity (Wildman–Crippen MR) is 112 cm³/mol. The molecule has 0 aromatic rings. The molecule has 0 atom stereocenters. The quantitative estimate of drug-likeness (QED) is 0.114. The molecule has 0 aromatic carbocycles. The SMILES string of the molecule is CCCCCCCOC(=O)C(CC)(CC)C(=O)OCCCCCCCCCl. The van der Waals surface area contributed by atoms with Crippen LogP contribution in [0.4, 0.5) is 0 Å². The van der Waals surface area contributed by atoms with Crippen molar-refractivity contribution in [1.82, 2.24) is 0 Å². The van der Waals surface area contributed by atoms with Crippen LogP contribution in [0.3, 0.4) is 0 Å². The topological polar surface area (TPSA) is 52.6 Å². The Morgan fingerprint density at radius 3 is 1.48 bits per heavy atom. The average molecular weight is 405 g/mol. The number of unbranched alkanes of at least 4 members (excludes halogenated alkanes) is 9. The first-order valence-corrected chi connectivity index (χ1v) is 11.5. The molecule has 0 spiro atoms. The van der Waals surface area contributed by atoms with E-state index in [9.17, 15) is 9.59 Å². The molecular formula is C22H41ClO4. The first-order valence-electron chi connectivity index (χ1n) is 11.0. The molecule has 0 amide bonds. The molecule has 0 aliphatic rings. The highest BCUT2D eigenvalue weighted by Gasteiger charge is 2.45. The van der Waals surface area contributed by atoms with Crippen LogP contribution >= 0.6 is 11.6 Å². The standard InChI is InChI=1S/C22H41ClO4/c1-4-7-8-12-15-18-26-20(24)22(5-2,6-3)21(25)27-19-16-13-10-9-11-14-17-23/h4-19H2,1-3H3. The van der Waals surface area contributed by atoms with Gasteiger partial charge in [0.15, 0.2) is 5.41 Å². The summed E-state index contributed by atoms with van der Waals surface area (Å²) in [5, 5.41) is 0. The third-order valence-electron chi connectivity index (χ3n) is 5.23. The molecule has 0 unspecified atom stereocenters. The van der Waals surface area contributed by atoms with Gasteiger partial charge in [0, 0.05) is 5.88 Å². The van der Waals surface area contributed by atoms with Crippen molar-refractivity contribution in [3.05, 3.63) is 0 Å². The third kappa shape index (κ3) is 11.0. The van der Waals surface area contributed by atoms with Crippen molar-refractivity contribution in [2.24, 2.45) is 5.41 Å². The van der Waals surface area contributed by atoms with E-state index in [0.717, 1.165) is 57.2 Å². The molecule has 5 heteroatoms. The Kier molecular flexibility index (Phi) is 16.8. The first kappa shape index (κ1) is 26.2. The number of carbonyl (C=O) groups excluding carboxylic acids is 2. The molecular weight excluding hydrogens is 364 g/mol. The van der Waals surface area contributed by atoms with Gasteiger partial charge in [0.25, 0.3) is 0 Å². The number of alkyl halides is 1. The van der Waals surface area contributed by atoms with Gasteiger partial charge in [0.05, 0.1) is 13.2 Å². The highest BCUT2D eigenvalue weighted by atomic mass is 35.5. The molecule has 0 N–H and O–H groups in total. The second-order valence-corrected chi connectivity index (χ2v) is 7.66. The van der Waals surface area contributed by atoms with Crippen LogP contribution in [-0.4, -0.2) is 31.0 Å². The van der Waals surface area contributed by atoms with Gasteiger partial charge in [0.2, 0.25) is 0 Å². The van der Waals surface area contributed by atoms with Crippen molar-refractivity contribution < 1.29 is 19.1 Å². The highest BCUT2D eigenvalue weighted by molar-refractivity contribution is 6.17. The predicted octanol–water partition coefficient (Wildman–Crippen LogP) is 6.43. The van der Waals surface area contributed by atoms with E-state index in [2.05, 4.69) is 6.92 Å². The summed E-state index contributed by atoms with van der Waals surface area (Å²) in [6.07, 6.45) is 12.7. The van der Waals surface area contributed by atoms with E-state index in [1.165, 1.54) is 19.3 Å². The van der Waals surface area contributed by atoms with Gasteiger partial charge in [-0.15, -0.1) is 11.6 Å². The summed E-state index contributed by atoms with van der Waals surface area (Å²) >= 11 is 5.66. The van der Waals surface area contributed by atoms with E-state index >= 15 is 0 Å². The number of ether oxygens (including phenoxy) is 2. The number of halogens is 1. The van der Waals surface area contributed by atoms with Crippen LogP contribution < -0.4 is 0 Å². The maximum absolute atomic E-state index is 12.6. The van der Waals surface area contributed by atoms with Crippen LogP contribution in [0.15, 0.2) is 0 Å². The molecule has 0 aliphatic carbocycles. The first-order chi connectivity index (χ1) is 13.1. The van der Waals surface area contributed by atoms with Crippen LogP contribution in [0.1, 0.15) is 104 Å². The maximum atomic E-state index is 12.6.